The van der Waals surface area contributed by atoms with Crippen LogP contribution >= 0.6 is 12.6 Å². The minimum atomic E-state index is -5.35. The number of rotatable bonds is 6. The fraction of sp³-hybridized carbons (Fsp3) is 0.435. The SMILES string of the molecule is CC(CC(=O)OC(=O)C(F)(F)F)N1CC(=O)N(C(C)C)c2ccc(C#CC(S)CNC(=N)N)cc2C1=O. The summed E-state index contributed by atoms with van der Waals surface area (Å²) in [5.41, 5.74) is 6.04. The van der Waals surface area contributed by atoms with Gasteiger partial charge in [-0.05, 0) is 39.0 Å². The molecule has 2 rings (SSSR count). The molecule has 1 aliphatic rings. The van der Waals surface area contributed by atoms with Gasteiger partial charge in [-0.3, -0.25) is 19.8 Å². The van der Waals surface area contributed by atoms with Crippen molar-refractivity contribution < 1.29 is 37.1 Å². The third kappa shape index (κ3) is 7.88. The standard InChI is InChI=1S/C23H26F3N5O5S/c1-12(2)31-17-7-5-14(4-6-15(37)10-29-22(27)28)9-16(17)20(34)30(11-18(31)32)13(3)8-19(33)36-21(35)23(24,25)26/h5,7,9,12-13,15,37H,8,10-11H2,1-3H3,(H4,27,28,29). The Balaban J connectivity index is 2.37. The molecule has 2 unspecified atom stereocenters. The fourth-order valence-electron chi connectivity index (χ4n) is 3.48. The van der Waals surface area contributed by atoms with Crippen molar-refractivity contribution in [3.63, 3.8) is 0 Å². The molecule has 0 bridgehead atoms. The zero-order valence-corrected chi connectivity index (χ0v) is 21.1. The van der Waals surface area contributed by atoms with Crippen molar-refractivity contribution in [2.45, 2.75) is 50.7 Å². The monoisotopic (exact) mass is 541 g/mol. The summed E-state index contributed by atoms with van der Waals surface area (Å²) >= 11 is 4.28. The van der Waals surface area contributed by atoms with Crippen LogP contribution in [0.25, 0.3) is 0 Å². The van der Waals surface area contributed by atoms with Gasteiger partial charge in [0.25, 0.3) is 5.91 Å². The highest BCUT2D eigenvalue weighted by Crippen LogP contribution is 2.30. The second kappa shape index (κ2) is 12.0. The summed E-state index contributed by atoms with van der Waals surface area (Å²) in [4.78, 5) is 51.8. The Bertz CT molecular complexity index is 1160. The first kappa shape index (κ1) is 29.5. The van der Waals surface area contributed by atoms with Gasteiger partial charge in [0.1, 0.15) is 6.54 Å². The number of fused-ring (bicyclic) bond motifs is 1. The molecular weight excluding hydrogens is 515 g/mol. The molecule has 14 heteroatoms. The maximum Gasteiger partial charge on any atom is 0.491 e. The summed E-state index contributed by atoms with van der Waals surface area (Å²) in [5.74, 6) is 0.171. The molecule has 0 spiro atoms. The van der Waals surface area contributed by atoms with Crippen molar-refractivity contribution in [1.29, 1.82) is 5.41 Å². The number of carbonyl (C=O) groups is 4. The molecule has 0 aliphatic carbocycles. The Morgan fingerprint density at radius 3 is 2.49 bits per heavy atom. The number of halogens is 3. The van der Waals surface area contributed by atoms with Gasteiger partial charge in [0, 0.05) is 24.2 Å². The largest absolute Gasteiger partial charge is 0.491 e. The first-order chi connectivity index (χ1) is 17.1. The van der Waals surface area contributed by atoms with Gasteiger partial charge in [-0.15, -0.1) is 0 Å². The smallest absolute Gasteiger partial charge is 0.386 e. The van der Waals surface area contributed by atoms with Crippen LogP contribution in [0.2, 0.25) is 0 Å². The number of esters is 2. The van der Waals surface area contributed by atoms with Gasteiger partial charge in [0.2, 0.25) is 5.91 Å². The van der Waals surface area contributed by atoms with Gasteiger partial charge in [-0.25, -0.2) is 4.79 Å². The second-order valence-corrected chi connectivity index (χ2v) is 9.04. The fourth-order valence-corrected chi connectivity index (χ4v) is 3.63. The molecule has 37 heavy (non-hydrogen) atoms. The van der Waals surface area contributed by atoms with E-state index in [9.17, 15) is 32.3 Å². The number of amides is 2. The minimum Gasteiger partial charge on any atom is -0.386 e. The highest BCUT2D eigenvalue weighted by molar-refractivity contribution is 7.81. The van der Waals surface area contributed by atoms with E-state index in [1.807, 2.05) is 0 Å². The molecule has 0 saturated carbocycles. The maximum atomic E-state index is 13.5. The summed E-state index contributed by atoms with van der Waals surface area (Å²) in [6.07, 6.45) is -6.10. The van der Waals surface area contributed by atoms with Crippen LogP contribution in [0.4, 0.5) is 18.9 Å². The average molecular weight is 542 g/mol. The number of hydrogen-bond donors (Lipinski definition) is 4. The summed E-state index contributed by atoms with van der Waals surface area (Å²) < 4.78 is 41.0. The van der Waals surface area contributed by atoms with E-state index in [0.717, 1.165) is 4.90 Å². The van der Waals surface area contributed by atoms with Crippen LogP contribution in [0.15, 0.2) is 18.2 Å². The summed E-state index contributed by atoms with van der Waals surface area (Å²) in [6.45, 7) is 4.58. The van der Waals surface area contributed by atoms with Gasteiger partial charge in [0.05, 0.1) is 22.9 Å². The molecule has 2 atom stereocenters. The second-order valence-electron chi connectivity index (χ2n) is 8.41. The van der Waals surface area contributed by atoms with Crippen molar-refractivity contribution in [2.75, 3.05) is 18.0 Å². The van der Waals surface area contributed by atoms with Crippen molar-refractivity contribution in [2.24, 2.45) is 5.73 Å². The predicted molar refractivity (Wildman–Crippen MR) is 131 cm³/mol. The first-order valence-electron chi connectivity index (χ1n) is 11.0. The third-order valence-electron chi connectivity index (χ3n) is 5.14. The molecular formula is C23H26F3N5O5S. The van der Waals surface area contributed by atoms with E-state index in [0.29, 0.717) is 11.3 Å². The van der Waals surface area contributed by atoms with Crippen LogP contribution < -0.4 is 16.0 Å². The number of nitrogens with two attached hydrogens (primary N) is 1. The lowest BCUT2D eigenvalue weighted by Gasteiger charge is -2.28. The molecule has 0 aromatic heterocycles. The van der Waals surface area contributed by atoms with Crippen LogP contribution in [0.1, 0.15) is 43.1 Å². The molecule has 0 saturated heterocycles. The number of ether oxygens (including phenoxy) is 1. The van der Waals surface area contributed by atoms with Crippen LogP contribution in [0.3, 0.4) is 0 Å². The number of hydrogen-bond acceptors (Lipinski definition) is 7. The Morgan fingerprint density at radius 2 is 1.92 bits per heavy atom. The van der Waals surface area contributed by atoms with Crippen LogP contribution in [0, 0.1) is 17.3 Å². The molecule has 4 N–H and O–H groups in total. The molecule has 0 radical (unpaired) electrons. The molecule has 2 amide bonds. The van der Waals surface area contributed by atoms with E-state index in [-0.39, 0.29) is 24.1 Å². The number of thiol groups is 1. The van der Waals surface area contributed by atoms with E-state index >= 15 is 0 Å². The lowest BCUT2D eigenvalue weighted by Crippen LogP contribution is -2.46. The van der Waals surface area contributed by atoms with Gasteiger partial charge in [-0.1, -0.05) is 11.8 Å². The van der Waals surface area contributed by atoms with Crippen LogP contribution in [-0.2, 0) is 19.1 Å². The Kier molecular flexibility index (Phi) is 9.57. The molecule has 10 nitrogen and oxygen atoms in total. The van der Waals surface area contributed by atoms with E-state index < -0.39 is 54.2 Å². The lowest BCUT2D eigenvalue weighted by molar-refractivity contribution is -0.202. The number of nitrogens with zero attached hydrogens (tertiary/aromatic N) is 2. The lowest BCUT2D eigenvalue weighted by atomic mass is 10.0. The first-order valence-corrected chi connectivity index (χ1v) is 11.5. The highest BCUT2D eigenvalue weighted by Gasteiger charge is 2.43. The number of benzene rings is 1. The quantitative estimate of drug-likeness (QED) is 0.106. The number of alkyl halides is 3. The van der Waals surface area contributed by atoms with Crippen LogP contribution in [0.5, 0.6) is 0 Å². The number of carbonyl (C=O) groups excluding carboxylic acids is 4. The zero-order valence-electron chi connectivity index (χ0n) is 20.2. The maximum absolute atomic E-state index is 13.5. The third-order valence-corrected chi connectivity index (χ3v) is 5.45. The highest BCUT2D eigenvalue weighted by atomic mass is 32.1. The summed E-state index contributed by atoms with van der Waals surface area (Å²) in [5, 5.41) is 9.26. The molecule has 1 aromatic rings. The zero-order chi connectivity index (χ0) is 28.1. The molecule has 1 aliphatic heterocycles. The van der Waals surface area contributed by atoms with E-state index in [1.54, 1.807) is 26.0 Å². The van der Waals surface area contributed by atoms with E-state index in [4.69, 9.17) is 11.1 Å². The number of anilines is 1. The Labute approximate surface area is 216 Å². The molecule has 0 fully saturated rings. The van der Waals surface area contributed by atoms with Gasteiger partial charge in [0.15, 0.2) is 5.96 Å². The van der Waals surface area contributed by atoms with Crippen molar-refractivity contribution in [3.8, 4) is 11.8 Å². The van der Waals surface area contributed by atoms with Gasteiger partial charge >= 0.3 is 18.1 Å². The van der Waals surface area contributed by atoms with E-state index in [1.165, 1.54) is 17.9 Å². The average Bonchev–Trinajstić information content (AvgIpc) is 2.89. The predicted octanol–water partition coefficient (Wildman–Crippen LogP) is 1.43. The van der Waals surface area contributed by atoms with Gasteiger partial charge < -0.3 is 25.6 Å². The number of guanidine groups is 1. The van der Waals surface area contributed by atoms with Crippen LogP contribution in [-0.4, -0.2) is 71.2 Å². The molecule has 200 valence electrons. The normalized spacial score (nSPS) is 15.2. The van der Waals surface area contributed by atoms with Crippen molar-refractivity contribution >= 4 is 48.0 Å². The summed E-state index contributed by atoms with van der Waals surface area (Å²) in [6, 6.07) is 3.21. The Hall–Kier alpha value is -3.73. The Morgan fingerprint density at radius 1 is 1.27 bits per heavy atom. The molecule has 1 heterocycles. The van der Waals surface area contributed by atoms with Gasteiger partial charge in [-0.2, -0.15) is 25.8 Å². The number of nitrogens with one attached hydrogen (secondary N) is 2. The minimum absolute atomic E-state index is 0.0931. The topological polar surface area (TPSA) is 146 Å². The van der Waals surface area contributed by atoms with Crippen molar-refractivity contribution in [3.05, 3.63) is 29.3 Å². The van der Waals surface area contributed by atoms with E-state index in [2.05, 4.69) is 34.5 Å². The van der Waals surface area contributed by atoms with Crippen molar-refractivity contribution in [1.82, 2.24) is 10.2 Å². The summed E-state index contributed by atoms with van der Waals surface area (Å²) in [7, 11) is 0. The molecule has 1 aromatic carbocycles.